The summed E-state index contributed by atoms with van der Waals surface area (Å²) in [6.45, 7) is 4.93. The van der Waals surface area contributed by atoms with Crippen LogP contribution in [0.15, 0.2) is 42.5 Å². The molecule has 0 aliphatic rings. The predicted octanol–water partition coefficient (Wildman–Crippen LogP) is 4.14. The van der Waals surface area contributed by atoms with Crippen molar-refractivity contribution in [2.75, 3.05) is 12.4 Å². The molecule has 106 valence electrons. The van der Waals surface area contributed by atoms with Crippen LogP contribution in [0.1, 0.15) is 30.9 Å². The predicted molar refractivity (Wildman–Crippen MR) is 82.5 cm³/mol. The zero-order valence-corrected chi connectivity index (χ0v) is 12.2. The quantitative estimate of drug-likeness (QED) is 0.859. The molecule has 2 aromatic rings. The van der Waals surface area contributed by atoms with E-state index < -0.39 is 0 Å². The molecule has 0 aliphatic carbocycles. The van der Waals surface area contributed by atoms with Gasteiger partial charge in [-0.05, 0) is 35.7 Å². The molecular formula is C17H21NO2. The molecule has 0 unspecified atom stereocenters. The van der Waals surface area contributed by atoms with Crippen molar-refractivity contribution in [1.29, 1.82) is 0 Å². The summed E-state index contributed by atoms with van der Waals surface area (Å²) >= 11 is 0. The van der Waals surface area contributed by atoms with Crippen LogP contribution in [0.25, 0.3) is 0 Å². The second-order valence-electron chi connectivity index (χ2n) is 5.13. The first-order valence-electron chi connectivity index (χ1n) is 6.80. The summed E-state index contributed by atoms with van der Waals surface area (Å²) < 4.78 is 5.07. The van der Waals surface area contributed by atoms with Crippen LogP contribution in [0.2, 0.25) is 0 Å². The summed E-state index contributed by atoms with van der Waals surface area (Å²) in [7, 11) is 1.59. The Balaban J connectivity index is 2.07. The number of benzene rings is 2. The summed E-state index contributed by atoms with van der Waals surface area (Å²) in [5.74, 6) is 1.41. The van der Waals surface area contributed by atoms with Gasteiger partial charge in [-0.3, -0.25) is 0 Å². The molecule has 20 heavy (non-hydrogen) atoms. The van der Waals surface area contributed by atoms with E-state index in [1.165, 1.54) is 5.56 Å². The fraction of sp³-hybridized carbons (Fsp3) is 0.294. The standard InChI is InChI=1S/C17H21NO2/c1-12(2)13-5-4-6-15(9-13)18-11-14-7-8-16(20-3)10-17(14)19/h4-10,12,18-19H,11H2,1-3H3. The fourth-order valence-electron chi connectivity index (χ4n) is 2.03. The number of phenols is 1. The third-order valence-corrected chi connectivity index (χ3v) is 3.33. The number of aromatic hydroxyl groups is 1. The van der Waals surface area contributed by atoms with Gasteiger partial charge in [-0.1, -0.05) is 26.0 Å². The summed E-state index contributed by atoms with van der Waals surface area (Å²) in [4.78, 5) is 0. The minimum Gasteiger partial charge on any atom is -0.507 e. The van der Waals surface area contributed by atoms with Gasteiger partial charge in [-0.15, -0.1) is 0 Å². The van der Waals surface area contributed by atoms with E-state index >= 15 is 0 Å². The number of hydrogen-bond acceptors (Lipinski definition) is 3. The number of hydrogen-bond donors (Lipinski definition) is 2. The summed E-state index contributed by atoms with van der Waals surface area (Å²) in [6, 6.07) is 13.7. The monoisotopic (exact) mass is 271 g/mol. The highest BCUT2D eigenvalue weighted by molar-refractivity contribution is 5.48. The van der Waals surface area contributed by atoms with Gasteiger partial charge < -0.3 is 15.2 Å². The van der Waals surface area contributed by atoms with E-state index in [0.29, 0.717) is 18.2 Å². The number of rotatable bonds is 5. The highest BCUT2D eigenvalue weighted by atomic mass is 16.5. The Hall–Kier alpha value is -2.16. The second kappa shape index (κ2) is 6.33. The maximum absolute atomic E-state index is 9.92. The van der Waals surface area contributed by atoms with Gasteiger partial charge in [0.05, 0.1) is 7.11 Å². The number of phenolic OH excluding ortho intramolecular Hbond substituents is 1. The molecule has 2 aromatic carbocycles. The van der Waals surface area contributed by atoms with Crippen molar-refractivity contribution in [3.63, 3.8) is 0 Å². The Kier molecular flexibility index (Phi) is 4.51. The molecule has 0 bridgehead atoms. The van der Waals surface area contributed by atoms with Gasteiger partial charge in [-0.25, -0.2) is 0 Å². The topological polar surface area (TPSA) is 41.5 Å². The second-order valence-corrected chi connectivity index (χ2v) is 5.13. The minimum absolute atomic E-state index is 0.247. The van der Waals surface area contributed by atoms with Crippen LogP contribution in [0.5, 0.6) is 11.5 Å². The molecule has 0 amide bonds. The largest absolute Gasteiger partial charge is 0.507 e. The zero-order chi connectivity index (χ0) is 14.5. The average Bonchev–Trinajstić information content (AvgIpc) is 2.46. The zero-order valence-electron chi connectivity index (χ0n) is 12.2. The summed E-state index contributed by atoms with van der Waals surface area (Å²) in [5.41, 5.74) is 3.21. The van der Waals surface area contributed by atoms with Gasteiger partial charge >= 0.3 is 0 Å². The molecule has 0 radical (unpaired) electrons. The molecular weight excluding hydrogens is 250 g/mol. The van der Waals surface area contributed by atoms with E-state index in [0.717, 1.165) is 11.3 Å². The lowest BCUT2D eigenvalue weighted by atomic mass is 10.0. The van der Waals surface area contributed by atoms with E-state index in [2.05, 4.69) is 31.3 Å². The van der Waals surface area contributed by atoms with Gasteiger partial charge in [0, 0.05) is 23.9 Å². The van der Waals surface area contributed by atoms with Crippen molar-refractivity contribution in [2.45, 2.75) is 26.3 Å². The van der Waals surface area contributed by atoms with Crippen molar-refractivity contribution in [2.24, 2.45) is 0 Å². The molecule has 0 spiro atoms. The average molecular weight is 271 g/mol. The molecule has 3 nitrogen and oxygen atoms in total. The molecule has 0 heterocycles. The molecule has 0 saturated heterocycles. The number of methoxy groups -OCH3 is 1. The number of ether oxygens (including phenoxy) is 1. The Morgan fingerprint density at radius 1 is 1.15 bits per heavy atom. The summed E-state index contributed by atoms with van der Waals surface area (Å²) in [6.07, 6.45) is 0. The third kappa shape index (κ3) is 3.44. The molecule has 0 saturated carbocycles. The van der Waals surface area contributed by atoms with Crippen molar-refractivity contribution in [3.8, 4) is 11.5 Å². The Morgan fingerprint density at radius 3 is 2.60 bits per heavy atom. The van der Waals surface area contributed by atoms with Crippen LogP contribution in [-0.2, 0) is 6.54 Å². The first-order valence-corrected chi connectivity index (χ1v) is 6.80. The SMILES string of the molecule is COc1ccc(CNc2cccc(C(C)C)c2)c(O)c1. The first kappa shape index (κ1) is 14.3. The number of anilines is 1. The van der Waals surface area contributed by atoms with E-state index in [-0.39, 0.29) is 5.75 Å². The van der Waals surface area contributed by atoms with E-state index in [1.807, 2.05) is 24.3 Å². The molecule has 2 N–H and O–H groups in total. The highest BCUT2D eigenvalue weighted by Crippen LogP contribution is 2.25. The molecule has 0 aromatic heterocycles. The van der Waals surface area contributed by atoms with Crippen molar-refractivity contribution in [1.82, 2.24) is 0 Å². The molecule has 0 fully saturated rings. The Morgan fingerprint density at radius 2 is 1.95 bits per heavy atom. The minimum atomic E-state index is 0.247. The first-order chi connectivity index (χ1) is 9.60. The molecule has 3 heteroatoms. The van der Waals surface area contributed by atoms with Crippen molar-refractivity contribution >= 4 is 5.69 Å². The van der Waals surface area contributed by atoms with E-state index in [1.54, 1.807) is 13.2 Å². The maximum atomic E-state index is 9.92. The van der Waals surface area contributed by atoms with Crippen LogP contribution in [0, 0.1) is 0 Å². The van der Waals surface area contributed by atoms with Gasteiger partial charge in [-0.2, -0.15) is 0 Å². The van der Waals surface area contributed by atoms with Crippen molar-refractivity contribution < 1.29 is 9.84 Å². The van der Waals surface area contributed by atoms with Gasteiger partial charge in [0.25, 0.3) is 0 Å². The lowest BCUT2D eigenvalue weighted by Crippen LogP contribution is -2.00. The Bertz CT molecular complexity index is 579. The maximum Gasteiger partial charge on any atom is 0.124 e. The van der Waals surface area contributed by atoms with Crippen LogP contribution in [0.3, 0.4) is 0 Å². The molecule has 2 rings (SSSR count). The summed E-state index contributed by atoms with van der Waals surface area (Å²) in [5, 5.41) is 13.3. The highest BCUT2D eigenvalue weighted by Gasteiger charge is 2.04. The lowest BCUT2D eigenvalue weighted by Gasteiger charge is -2.12. The Labute approximate surface area is 120 Å². The number of nitrogens with one attached hydrogen (secondary N) is 1. The van der Waals surface area contributed by atoms with E-state index in [4.69, 9.17) is 4.74 Å². The van der Waals surface area contributed by atoms with Crippen LogP contribution >= 0.6 is 0 Å². The van der Waals surface area contributed by atoms with Crippen LogP contribution in [0.4, 0.5) is 5.69 Å². The van der Waals surface area contributed by atoms with Gasteiger partial charge in [0.15, 0.2) is 0 Å². The lowest BCUT2D eigenvalue weighted by molar-refractivity contribution is 0.406. The normalized spacial score (nSPS) is 10.6. The molecule has 0 atom stereocenters. The van der Waals surface area contributed by atoms with Crippen LogP contribution < -0.4 is 10.1 Å². The van der Waals surface area contributed by atoms with Crippen LogP contribution in [-0.4, -0.2) is 12.2 Å². The fourth-order valence-corrected chi connectivity index (χ4v) is 2.03. The smallest absolute Gasteiger partial charge is 0.124 e. The van der Waals surface area contributed by atoms with Gasteiger partial charge in [0.1, 0.15) is 11.5 Å². The van der Waals surface area contributed by atoms with Crippen molar-refractivity contribution in [3.05, 3.63) is 53.6 Å². The molecule has 0 aliphatic heterocycles. The van der Waals surface area contributed by atoms with E-state index in [9.17, 15) is 5.11 Å². The third-order valence-electron chi connectivity index (χ3n) is 3.33. The van der Waals surface area contributed by atoms with Gasteiger partial charge in [0.2, 0.25) is 0 Å².